The molecule has 7 N–H and O–H groups in total. The highest BCUT2D eigenvalue weighted by Crippen LogP contribution is 2.66. The lowest BCUT2D eigenvalue weighted by Crippen LogP contribution is -2.43. The largest absolute Gasteiger partial charge is 0.490 e. The maximum Gasteiger partial charge on any atom is 0.490 e. The fourth-order valence-electron chi connectivity index (χ4n) is 2.21. The van der Waals surface area contributed by atoms with Crippen LogP contribution in [-0.2, 0) is 31.6 Å². The summed E-state index contributed by atoms with van der Waals surface area (Å²) in [5, 5.41) is 10.5. The molecule has 0 spiro atoms. The molecule has 0 aromatic carbocycles. The summed E-state index contributed by atoms with van der Waals surface area (Å²) in [5.74, 6) is 1.69. The molecule has 1 saturated heterocycles. The van der Waals surface area contributed by atoms with Crippen LogP contribution in [0.25, 0.3) is 0 Å². The van der Waals surface area contributed by atoms with Crippen molar-refractivity contribution in [2.75, 3.05) is 12.3 Å². The van der Waals surface area contributed by atoms with Crippen molar-refractivity contribution in [2.45, 2.75) is 23.3 Å². The molecule has 2 rings (SSSR count). The number of aliphatic hydroxyl groups excluding tert-OH is 1. The van der Waals surface area contributed by atoms with Crippen LogP contribution in [0.15, 0.2) is 17.1 Å². The molecule has 1 aliphatic rings. The zero-order valence-corrected chi connectivity index (χ0v) is 18.1. The SMILES string of the molecule is [2H]C([2H])(OP(=O)(O)OP(=O)(O)OP(=O)(O)O)[C@H]1O[C@@H](n2ccc(N)nc2=O)C(Cl)(C#C)[C@H]1O. The van der Waals surface area contributed by atoms with Crippen molar-refractivity contribution in [3.8, 4) is 12.3 Å². The monoisotopic (exact) mass is 527 g/mol. The number of rotatable bonds is 8. The zero-order chi connectivity index (χ0) is 25.6. The first-order valence-electron chi connectivity index (χ1n) is 8.42. The van der Waals surface area contributed by atoms with Gasteiger partial charge in [0, 0.05) is 6.20 Å². The number of aromatic nitrogens is 2. The van der Waals surface area contributed by atoms with Crippen molar-refractivity contribution in [3.05, 3.63) is 22.7 Å². The van der Waals surface area contributed by atoms with Crippen molar-refractivity contribution in [3.63, 3.8) is 0 Å². The predicted molar refractivity (Wildman–Crippen MR) is 100 cm³/mol. The molecular formula is C11H15ClN3O13P3. The van der Waals surface area contributed by atoms with Gasteiger partial charge in [-0.25, -0.2) is 18.5 Å². The van der Waals surface area contributed by atoms with Crippen LogP contribution in [0.3, 0.4) is 0 Å². The molecule has 16 nitrogen and oxygen atoms in total. The van der Waals surface area contributed by atoms with Gasteiger partial charge in [-0.2, -0.15) is 13.6 Å². The summed E-state index contributed by atoms with van der Waals surface area (Å²) in [6.45, 7) is -3.59. The Balaban J connectivity index is 2.35. The van der Waals surface area contributed by atoms with Gasteiger partial charge in [-0.1, -0.05) is 17.5 Å². The second kappa shape index (κ2) is 9.01. The van der Waals surface area contributed by atoms with Crippen LogP contribution < -0.4 is 11.4 Å². The minimum atomic E-state index is -6.00. The lowest BCUT2D eigenvalue weighted by atomic mass is 9.99. The smallest absolute Gasteiger partial charge is 0.387 e. The molecule has 2 heterocycles. The molecular weight excluding hydrogens is 511 g/mol. The average molecular weight is 528 g/mol. The Hall–Kier alpha value is -1.14. The van der Waals surface area contributed by atoms with Gasteiger partial charge in [0.05, 0.1) is 9.30 Å². The topological polar surface area (TPSA) is 250 Å². The van der Waals surface area contributed by atoms with Gasteiger partial charge in [0.15, 0.2) is 11.1 Å². The molecule has 1 fully saturated rings. The molecule has 31 heavy (non-hydrogen) atoms. The average Bonchev–Trinajstić information content (AvgIpc) is 2.83. The molecule has 174 valence electrons. The molecule has 0 bridgehead atoms. The van der Waals surface area contributed by atoms with Crippen LogP contribution in [0.4, 0.5) is 5.82 Å². The van der Waals surface area contributed by atoms with E-state index >= 15 is 0 Å². The highest BCUT2D eigenvalue weighted by molar-refractivity contribution is 7.66. The Kier molecular flexibility index (Phi) is 6.69. The van der Waals surface area contributed by atoms with Gasteiger partial charge < -0.3 is 35.2 Å². The summed E-state index contributed by atoms with van der Waals surface area (Å²) in [4.78, 5) is 48.9. The number of nitrogens with two attached hydrogens (primary N) is 1. The van der Waals surface area contributed by atoms with Crippen LogP contribution in [0.1, 0.15) is 8.97 Å². The number of phosphoric acid groups is 3. The van der Waals surface area contributed by atoms with E-state index in [1.807, 2.05) is 5.92 Å². The van der Waals surface area contributed by atoms with E-state index < -0.39 is 59.0 Å². The summed E-state index contributed by atoms with van der Waals surface area (Å²) in [7, 11) is -17.7. The molecule has 20 heteroatoms. The van der Waals surface area contributed by atoms with Gasteiger partial charge in [0.25, 0.3) is 0 Å². The van der Waals surface area contributed by atoms with Gasteiger partial charge in [0.1, 0.15) is 18.0 Å². The quantitative estimate of drug-likeness (QED) is 0.135. The molecule has 0 amide bonds. The predicted octanol–water partition coefficient (Wildman–Crippen LogP) is -0.962. The van der Waals surface area contributed by atoms with Crippen LogP contribution >= 0.6 is 35.1 Å². The second-order valence-corrected chi connectivity index (χ2v) is 10.6. The third kappa shape index (κ3) is 6.44. The Morgan fingerprint density at radius 3 is 2.48 bits per heavy atom. The number of halogens is 1. The van der Waals surface area contributed by atoms with Crippen molar-refractivity contribution in [2.24, 2.45) is 0 Å². The lowest BCUT2D eigenvalue weighted by Gasteiger charge is -2.25. The third-order valence-corrected chi connectivity index (χ3v) is 7.56. The third-order valence-electron chi connectivity index (χ3n) is 3.38. The number of phosphoric ester groups is 1. The number of hydrogen-bond acceptors (Lipinski definition) is 11. The maximum absolute atomic E-state index is 12.1. The highest BCUT2D eigenvalue weighted by Gasteiger charge is 2.56. The molecule has 0 saturated carbocycles. The lowest BCUT2D eigenvalue weighted by molar-refractivity contribution is -0.0455. The molecule has 1 aliphatic heterocycles. The summed E-state index contributed by atoms with van der Waals surface area (Å²) in [6.07, 6.45) is -0.118. The van der Waals surface area contributed by atoms with Crippen molar-refractivity contribution >= 4 is 40.9 Å². The number of nitrogens with zero attached hydrogens (tertiary/aromatic N) is 2. The number of terminal acetylenes is 1. The van der Waals surface area contributed by atoms with Gasteiger partial charge >= 0.3 is 29.2 Å². The van der Waals surface area contributed by atoms with E-state index in [1.54, 1.807) is 0 Å². The summed E-state index contributed by atoms with van der Waals surface area (Å²) in [5.41, 5.74) is 4.28. The number of hydrogen-bond donors (Lipinski definition) is 6. The van der Waals surface area contributed by atoms with Crippen LogP contribution in [0, 0.1) is 12.3 Å². The molecule has 0 aliphatic carbocycles. The van der Waals surface area contributed by atoms with E-state index in [9.17, 15) is 28.5 Å². The van der Waals surface area contributed by atoms with E-state index in [1.165, 1.54) is 0 Å². The maximum atomic E-state index is 12.1. The van der Waals surface area contributed by atoms with Crippen LogP contribution in [0.5, 0.6) is 0 Å². The minimum Gasteiger partial charge on any atom is -0.387 e. The highest BCUT2D eigenvalue weighted by atomic mass is 35.5. The zero-order valence-electron chi connectivity index (χ0n) is 16.7. The van der Waals surface area contributed by atoms with Gasteiger partial charge in [-0.15, -0.1) is 6.42 Å². The first kappa shape index (κ1) is 23.0. The second-order valence-electron chi connectivity index (χ2n) is 5.61. The molecule has 0 radical (unpaired) electrons. The fourth-order valence-corrected chi connectivity index (χ4v) is 5.36. The number of aliphatic hydroxyl groups is 1. The van der Waals surface area contributed by atoms with Crippen molar-refractivity contribution in [1.29, 1.82) is 0 Å². The summed E-state index contributed by atoms with van der Waals surface area (Å²) >= 11 is 6.16. The van der Waals surface area contributed by atoms with E-state index in [0.29, 0.717) is 4.57 Å². The number of ether oxygens (including phenoxy) is 1. The first-order chi connectivity index (χ1) is 14.7. The van der Waals surface area contributed by atoms with E-state index in [0.717, 1.165) is 12.3 Å². The van der Waals surface area contributed by atoms with E-state index in [4.69, 9.17) is 45.9 Å². The molecule has 3 unspecified atom stereocenters. The number of nitrogen functional groups attached to an aromatic ring is 1. The Bertz CT molecular complexity index is 1170. The Morgan fingerprint density at radius 1 is 1.35 bits per heavy atom. The Labute approximate surface area is 180 Å². The number of anilines is 1. The van der Waals surface area contributed by atoms with Crippen molar-refractivity contribution < 1.29 is 59.0 Å². The van der Waals surface area contributed by atoms with Gasteiger partial charge in [0.2, 0.25) is 0 Å². The Morgan fingerprint density at radius 2 is 1.97 bits per heavy atom. The standard InChI is InChI=1S/C11H15ClN3O13P3/c1-2-11(12)8(16)6(26-9(11)15-4-3-7(13)14-10(15)17)5-25-30(21,22)28-31(23,24)27-29(18,19)20/h1,3-4,6,8-9,16H,5H2,(H,21,22)(H,23,24)(H2,13,14,17)(H2,18,19,20)/t6-,8+,9-,11?/m1/s1/i5D2. The van der Waals surface area contributed by atoms with E-state index in [2.05, 4.69) is 18.1 Å². The molecule has 1 aromatic heterocycles. The molecule has 6 atom stereocenters. The van der Waals surface area contributed by atoms with Gasteiger partial charge in [-0.05, 0) is 6.07 Å². The minimum absolute atomic E-state index is 0.213. The summed E-state index contributed by atoms with van der Waals surface area (Å²) in [6, 6.07) is 1.11. The van der Waals surface area contributed by atoms with Crippen LogP contribution in [-0.4, -0.2) is 57.9 Å². The fraction of sp³-hybridized carbons (Fsp3) is 0.455. The van der Waals surface area contributed by atoms with Crippen molar-refractivity contribution in [1.82, 2.24) is 9.55 Å². The van der Waals surface area contributed by atoms with Crippen LogP contribution in [0.2, 0.25) is 0 Å². The van der Waals surface area contributed by atoms with Gasteiger partial charge in [-0.3, -0.25) is 9.09 Å². The number of alkyl halides is 1. The first-order valence-corrected chi connectivity index (χ1v) is 12.3. The molecule has 1 aromatic rings. The normalized spacial score (nSPS) is 31.7. The summed E-state index contributed by atoms with van der Waals surface area (Å²) < 4.78 is 66.6. The van der Waals surface area contributed by atoms with E-state index in [-0.39, 0.29) is 5.82 Å².